The van der Waals surface area contributed by atoms with Gasteiger partial charge in [-0.3, -0.25) is 5.10 Å². The van der Waals surface area contributed by atoms with E-state index in [1.807, 2.05) is 24.3 Å². The molecule has 0 bridgehead atoms. The van der Waals surface area contributed by atoms with Crippen LogP contribution in [0.15, 0.2) is 52.2 Å². The Morgan fingerprint density at radius 3 is 3.00 bits per heavy atom. The minimum atomic E-state index is 0.461. The van der Waals surface area contributed by atoms with Crippen molar-refractivity contribution in [1.82, 2.24) is 20.4 Å². The summed E-state index contributed by atoms with van der Waals surface area (Å²) in [5, 5.41) is 25.7. The van der Waals surface area contributed by atoms with Crippen LogP contribution in [0.4, 0.5) is 0 Å². The second-order valence-corrected chi connectivity index (χ2v) is 6.41. The number of hydrogen-bond acceptors (Lipinski definition) is 7. The summed E-state index contributed by atoms with van der Waals surface area (Å²) in [4.78, 5) is 0. The van der Waals surface area contributed by atoms with Crippen molar-refractivity contribution in [2.75, 3.05) is 7.11 Å². The maximum atomic E-state index is 9.16. The Bertz CT molecular complexity index is 1110. The van der Waals surface area contributed by atoms with Gasteiger partial charge < -0.3 is 9.15 Å². The minimum Gasteiger partial charge on any atom is -0.495 e. The van der Waals surface area contributed by atoms with Gasteiger partial charge in [0.1, 0.15) is 11.8 Å². The molecule has 0 saturated heterocycles. The van der Waals surface area contributed by atoms with Gasteiger partial charge in [-0.05, 0) is 35.9 Å². The zero-order chi connectivity index (χ0) is 17.9. The van der Waals surface area contributed by atoms with Crippen LogP contribution in [0.2, 0.25) is 0 Å². The molecule has 0 saturated carbocycles. The first kappa shape index (κ1) is 16.2. The Balaban J connectivity index is 1.49. The molecule has 4 rings (SSSR count). The van der Waals surface area contributed by atoms with Crippen LogP contribution >= 0.6 is 11.8 Å². The lowest BCUT2D eigenvalue weighted by atomic mass is 10.1. The number of aromatic amines is 1. The molecule has 8 heteroatoms. The zero-order valence-corrected chi connectivity index (χ0v) is 14.6. The number of thioether (sulfide) groups is 1. The largest absolute Gasteiger partial charge is 0.495 e. The van der Waals surface area contributed by atoms with Crippen LogP contribution in [0.5, 0.6) is 5.75 Å². The number of fused-ring (bicyclic) bond motifs is 1. The predicted molar refractivity (Wildman–Crippen MR) is 96.7 cm³/mol. The number of nitrogens with zero attached hydrogens (tertiary/aromatic N) is 4. The van der Waals surface area contributed by atoms with Crippen molar-refractivity contribution in [3.05, 3.63) is 53.7 Å². The lowest BCUT2D eigenvalue weighted by molar-refractivity contribution is 0.413. The molecule has 0 spiro atoms. The van der Waals surface area contributed by atoms with E-state index in [4.69, 9.17) is 14.4 Å². The predicted octanol–water partition coefficient (Wildman–Crippen LogP) is 3.79. The highest BCUT2D eigenvalue weighted by molar-refractivity contribution is 7.98. The molecule has 0 aliphatic heterocycles. The first-order valence-corrected chi connectivity index (χ1v) is 8.72. The molecule has 2 aromatic carbocycles. The first-order chi connectivity index (χ1) is 12.8. The highest BCUT2D eigenvalue weighted by Crippen LogP contribution is 2.28. The average molecular weight is 363 g/mol. The van der Waals surface area contributed by atoms with Crippen LogP contribution in [-0.2, 0) is 5.75 Å². The Labute approximate surface area is 153 Å². The fourth-order valence-electron chi connectivity index (χ4n) is 2.54. The van der Waals surface area contributed by atoms with Crippen LogP contribution in [0, 0.1) is 11.3 Å². The molecule has 0 amide bonds. The van der Waals surface area contributed by atoms with Crippen molar-refractivity contribution in [2.45, 2.75) is 11.0 Å². The Kier molecular flexibility index (Phi) is 4.29. The molecule has 0 atom stereocenters. The fourth-order valence-corrected chi connectivity index (χ4v) is 3.24. The van der Waals surface area contributed by atoms with Gasteiger partial charge in [0.15, 0.2) is 0 Å². The van der Waals surface area contributed by atoms with E-state index in [2.05, 4.69) is 26.5 Å². The maximum absolute atomic E-state index is 9.16. The molecule has 0 aliphatic rings. The van der Waals surface area contributed by atoms with Crippen LogP contribution < -0.4 is 4.74 Å². The molecule has 0 radical (unpaired) electrons. The Morgan fingerprint density at radius 1 is 1.23 bits per heavy atom. The molecule has 7 nitrogen and oxygen atoms in total. The van der Waals surface area contributed by atoms with E-state index in [1.54, 1.807) is 25.4 Å². The van der Waals surface area contributed by atoms with Crippen molar-refractivity contribution in [3.63, 3.8) is 0 Å². The lowest BCUT2D eigenvalue weighted by Crippen LogP contribution is -1.90. The number of methoxy groups -OCH3 is 1. The van der Waals surface area contributed by atoms with Gasteiger partial charge in [0, 0.05) is 16.7 Å². The van der Waals surface area contributed by atoms with Crippen LogP contribution in [0.25, 0.3) is 22.4 Å². The molecular weight excluding hydrogens is 350 g/mol. The molecule has 0 aliphatic carbocycles. The van der Waals surface area contributed by atoms with E-state index in [0.717, 1.165) is 22.0 Å². The monoisotopic (exact) mass is 363 g/mol. The normalized spacial score (nSPS) is 10.8. The summed E-state index contributed by atoms with van der Waals surface area (Å²) < 4.78 is 10.9. The summed E-state index contributed by atoms with van der Waals surface area (Å²) in [5.74, 6) is 1.64. The number of aromatic nitrogens is 4. The molecule has 4 aromatic rings. The van der Waals surface area contributed by atoms with E-state index in [1.165, 1.54) is 11.8 Å². The van der Waals surface area contributed by atoms with Crippen molar-refractivity contribution < 1.29 is 9.15 Å². The second-order valence-electron chi connectivity index (χ2n) is 5.48. The smallest absolute Gasteiger partial charge is 0.277 e. The topological polar surface area (TPSA) is 101 Å². The maximum Gasteiger partial charge on any atom is 0.277 e. The quantitative estimate of drug-likeness (QED) is 0.538. The molecule has 26 heavy (non-hydrogen) atoms. The molecule has 2 aromatic heterocycles. The van der Waals surface area contributed by atoms with Crippen LogP contribution in [0.3, 0.4) is 0 Å². The van der Waals surface area contributed by atoms with Gasteiger partial charge in [-0.25, -0.2) is 0 Å². The number of hydrogen-bond donors (Lipinski definition) is 1. The van der Waals surface area contributed by atoms with Gasteiger partial charge in [-0.2, -0.15) is 10.4 Å². The van der Waals surface area contributed by atoms with Crippen molar-refractivity contribution in [3.8, 4) is 23.3 Å². The number of ether oxygens (including phenoxy) is 1. The van der Waals surface area contributed by atoms with E-state index in [-0.39, 0.29) is 0 Å². The van der Waals surface area contributed by atoms with Crippen LogP contribution in [-0.4, -0.2) is 27.5 Å². The summed E-state index contributed by atoms with van der Waals surface area (Å²) in [6.45, 7) is 0. The first-order valence-electron chi connectivity index (χ1n) is 7.73. The highest BCUT2D eigenvalue weighted by Gasteiger charge is 2.11. The molecule has 0 unspecified atom stereocenters. The third-order valence-electron chi connectivity index (χ3n) is 3.84. The summed E-state index contributed by atoms with van der Waals surface area (Å²) in [5.41, 5.74) is 3.28. The molecule has 1 N–H and O–H groups in total. The molecular formula is C18H13N5O2S. The molecule has 0 fully saturated rings. The summed E-state index contributed by atoms with van der Waals surface area (Å²) in [7, 11) is 1.55. The zero-order valence-electron chi connectivity index (χ0n) is 13.8. The fraction of sp³-hybridized carbons (Fsp3) is 0.111. The van der Waals surface area contributed by atoms with Gasteiger partial charge in [0.25, 0.3) is 5.22 Å². The van der Waals surface area contributed by atoms with Gasteiger partial charge in [-0.15, -0.1) is 10.2 Å². The lowest BCUT2D eigenvalue weighted by Gasteiger charge is -2.04. The summed E-state index contributed by atoms with van der Waals surface area (Å²) in [6, 6.07) is 13.4. The van der Waals surface area contributed by atoms with E-state index < -0.39 is 0 Å². The summed E-state index contributed by atoms with van der Waals surface area (Å²) in [6.07, 6.45) is 1.75. The van der Waals surface area contributed by atoms with Crippen molar-refractivity contribution >= 4 is 22.7 Å². The van der Waals surface area contributed by atoms with E-state index in [0.29, 0.717) is 28.2 Å². The standard InChI is InChI=1S/C18H13N5O2S/c1-24-16-5-2-11(6-13(16)8-19)10-26-18-23-22-17(25-18)12-3-4-15-14(7-12)9-20-21-15/h2-7,9H,10H2,1H3,(H,20,21). The SMILES string of the molecule is COc1ccc(CSc2nnc(-c3ccc4[nH]ncc4c3)o2)cc1C#N. The number of H-pyrrole nitrogens is 1. The Morgan fingerprint density at radius 2 is 2.15 bits per heavy atom. The van der Waals surface area contributed by atoms with Gasteiger partial charge in [-0.1, -0.05) is 17.8 Å². The number of nitrogens with one attached hydrogen (secondary N) is 1. The Hall–Kier alpha value is -3.31. The molecule has 128 valence electrons. The average Bonchev–Trinajstić information content (AvgIpc) is 3.34. The highest BCUT2D eigenvalue weighted by atomic mass is 32.2. The van der Waals surface area contributed by atoms with Gasteiger partial charge in [0.05, 0.1) is 24.4 Å². The number of nitriles is 1. The van der Waals surface area contributed by atoms with Crippen LogP contribution in [0.1, 0.15) is 11.1 Å². The van der Waals surface area contributed by atoms with Crippen molar-refractivity contribution in [1.29, 1.82) is 5.26 Å². The number of benzene rings is 2. The third-order valence-corrected chi connectivity index (χ3v) is 4.73. The van der Waals surface area contributed by atoms with Gasteiger partial charge >= 0.3 is 0 Å². The number of rotatable bonds is 5. The van der Waals surface area contributed by atoms with Gasteiger partial charge in [0.2, 0.25) is 5.89 Å². The third kappa shape index (κ3) is 3.12. The van der Waals surface area contributed by atoms with Crippen molar-refractivity contribution in [2.24, 2.45) is 0 Å². The van der Waals surface area contributed by atoms with E-state index >= 15 is 0 Å². The minimum absolute atomic E-state index is 0.461. The molecule has 2 heterocycles. The van der Waals surface area contributed by atoms with E-state index in [9.17, 15) is 0 Å². The second kappa shape index (κ2) is 6.90. The summed E-state index contributed by atoms with van der Waals surface area (Å²) >= 11 is 1.42.